The van der Waals surface area contributed by atoms with Gasteiger partial charge < -0.3 is 10.3 Å². The highest BCUT2D eigenvalue weighted by Crippen LogP contribution is 2.46. The summed E-state index contributed by atoms with van der Waals surface area (Å²) < 4.78 is 2.32. The maximum absolute atomic E-state index is 5.53. The van der Waals surface area contributed by atoms with Crippen molar-refractivity contribution in [2.45, 2.75) is 54.4 Å². The van der Waals surface area contributed by atoms with Crippen molar-refractivity contribution in [3.05, 3.63) is 23.9 Å². The van der Waals surface area contributed by atoms with E-state index in [-0.39, 0.29) is 0 Å². The second-order valence-electron chi connectivity index (χ2n) is 5.37. The summed E-state index contributed by atoms with van der Waals surface area (Å²) in [5, 5.41) is 10.5. The van der Waals surface area contributed by atoms with Gasteiger partial charge in [-0.25, -0.2) is 4.98 Å². The van der Waals surface area contributed by atoms with Crippen LogP contribution in [0.2, 0.25) is 0 Å². The topological polar surface area (TPSA) is 82.5 Å². The molecule has 0 unspecified atom stereocenters. The number of nitrogens with zero attached hydrogens (tertiary/aromatic N) is 5. The molecule has 0 amide bonds. The van der Waals surface area contributed by atoms with Crippen LogP contribution in [0.3, 0.4) is 0 Å². The lowest BCUT2D eigenvalue weighted by atomic mass is 10.4. The molecule has 2 aromatic rings. The summed E-state index contributed by atoms with van der Waals surface area (Å²) in [6.07, 6.45) is 8.46. The van der Waals surface area contributed by atoms with Gasteiger partial charge in [0, 0.05) is 18.5 Å². The lowest BCUT2D eigenvalue weighted by Crippen LogP contribution is -2.02. The summed E-state index contributed by atoms with van der Waals surface area (Å²) in [6.45, 7) is 0.419. The Morgan fingerprint density at radius 3 is 2.60 bits per heavy atom. The normalized spacial score (nSPS) is 18.4. The van der Waals surface area contributed by atoms with Gasteiger partial charge in [-0.05, 0) is 37.4 Å². The zero-order valence-electron chi connectivity index (χ0n) is 11.1. The molecule has 0 aliphatic heterocycles. The first kappa shape index (κ1) is 12.3. The van der Waals surface area contributed by atoms with Crippen LogP contribution in [0.25, 0.3) is 0 Å². The highest BCUT2D eigenvalue weighted by atomic mass is 32.2. The molecule has 0 saturated heterocycles. The Labute approximate surface area is 121 Å². The highest BCUT2D eigenvalue weighted by molar-refractivity contribution is 7.99. The Hall–Kier alpha value is -1.47. The Morgan fingerprint density at radius 1 is 1.15 bits per heavy atom. The predicted molar refractivity (Wildman–Crippen MR) is 74.3 cm³/mol. The van der Waals surface area contributed by atoms with Crippen LogP contribution in [0.4, 0.5) is 0 Å². The van der Waals surface area contributed by atoms with Crippen LogP contribution in [0, 0.1) is 0 Å². The Balaban J connectivity index is 1.61. The molecule has 2 N–H and O–H groups in total. The van der Waals surface area contributed by atoms with Crippen LogP contribution in [0.5, 0.6) is 0 Å². The maximum Gasteiger partial charge on any atom is 0.197 e. The van der Waals surface area contributed by atoms with Crippen LogP contribution in [0.1, 0.15) is 49.2 Å². The molecule has 2 heterocycles. The summed E-state index contributed by atoms with van der Waals surface area (Å²) in [6, 6.07) is 0.597. The quantitative estimate of drug-likeness (QED) is 0.904. The first-order chi connectivity index (χ1) is 9.85. The summed E-state index contributed by atoms with van der Waals surface area (Å²) in [7, 11) is 0. The van der Waals surface area contributed by atoms with E-state index in [4.69, 9.17) is 5.73 Å². The van der Waals surface area contributed by atoms with E-state index in [0.29, 0.717) is 18.5 Å². The van der Waals surface area contributed by atoms with Crippen molar-refractivity contribution in [1.82, 2.24) is 24.7 Å². The van der Waals surface area contributed by atoms with Crippen LogP contribution in [-0.4, -0.2) is 24.7 Å². The van der Waals surface area contributed by atoms with E-state index in [1.54, 1.807) is 24.2 Å². The van der Waals surface area contributed by atoms with Crippen molar-refractivity contribution < 1.29 is 0 Å². The van der Waals surface area contributed by atoms with Gasteiger partial charge in [-0.3, -0.25) is 4.98 Å². The fourth-order valence-electron chi connectivity index (χ4n) is 2.25. The van der Waals surface area contributed by atoms with E-state index < -0.39 is 0 Å². The molecule has 2 aliphatic rings. The molecule has 0 atom stereocenters. The zero-order valence-corrected chi connectivity index (χ0v) is 11.9. The van der Waals surface area contributed by atoms with Gasteiger partial charge in [-0.15, -0.1) is 10.2 Å². The second-order valence-corrected chi connectivity index (χ2v) is 6.36. The molecular weight excluding hydrogens is 272 g/mol. The monoisotopic (exact) mass is 288 g/mol. The average molecular weight is 288 g/mol. The molecule has 0 bridgehead atoms. The van der Waals surface area contributed by atoms with Gasteiger partial charge in [-0.2, -0.15) is 0 Å². The Kier molecular flexibility index (Phi) is 2.96. The molecule has 7 heteroatoms. The molecule has 0 radical (unpaired) electrons. The summed E-state index contributed by atoms with van der Waals surface area (Å²) in [5.74, 6) is 1.80. The molecule has 4 rings (SSSR count). The number of rotatable bonds is 5. The SMILES string of the molecule is NCc1cnc(Sc2nnc(C3CC3)n2C2CC2)cn1. The third kappa shape index (κ3) is 2.31. The minimum atomic E-state index is 0.419. The first-order valence-electron chi connectivity index (χ1n) is 6.99. The number of hydrogen-bond acceptors (Lipinski definition) is 6. The van der Waals surface area contributed by atoms with Gasteiger partial charge >= 0.3 is 0 Å². The van der Waals surface area contributed by atoms with Gasteiger partial charge in [0.25, 0.3) is 0 Å². The average Bonchev–Trinajstić information content (AvgIpc) is 3.39. The standard InChI is InChI=1S/C13H16N6S/c14-5-9-6-16-11(7-15-9)20-13-18-17-12(8-1-2-8)19(13)10-3-4-10/h6-8,10H,1-5,14H2. The van der Waals surface area contributed by atoms with Crippen LogP contribution < -0.4 is 5.73 Å². The molecule has 2 aliphatic carbocycles. The number of aromatic nitrogens is 5. The maximum atomic E-state index is 5.53. The van der Waals surface area contributed by atoms with Gasteiger partial charge in [0.05, 0.1) is 18.1 Å². The minimum absolute atomic E-state index is 0.419. The van der Waals surface area contributed by atoms with Crippen molar-refractivity contribution in [3.8, 4) is 0 Å². The van der Waals surface area contributed by atoms with Crippen LogP contribution >= 0.6 is 11.8 Å². The van der Waals surface area contributed by atoms with E-state index >= 15 is 0 Å². The molecule has 0 spiro atoms. The first-order valence-corrected chi connectivity index (χ1v) is 7.80. The Morgan fingerprint density at radius 2 is 2.00 bits per heavy atom. The molecule has 0 aromatic carbocycles. The van der Waals surface area contributed by atoms with Crippen molar-refractivity contribution in [2.24, 2.45) is 5.73 Å². The fourth-order valence-corrected chi connectivity index (χ4v) is 3.07. The largest absolute Gasteiger partial charge is 0.325 e. The van der Waals surface area contributed by atoms with Crippen LogP contribution in [-0.2, 0) is 6.54 Å². The van der Waals surface area contributed by atoms with Gasteiger partial charge in [0.15, 0.2) is 5.16 Å². The van der Waals surface area contributed by atoms with Crippen molar-refractivity contribution in [3.63, 3.8) is 0 Å². The Bertz CT molecular complexity index is 614. The third-order valence-electron chi connectivity index (χ3n) is 3.63. The van der Waals surface area contributed by atoms with E-state index in [2.05, 4.69) is 24.7 Å². The van der Waals surface area contributed by atoms with Crippen molar-refractivity contribution >= 4 is 11.8 Å². The highest BCUT2D eigenvalue weighted by Gasteiger charge is 2.36. The van der Waals surface area contributed by atoms with E-state index in [9.17, 15) is 0 Å². The summed E-state index contributed by atoms with van der Waals surface area (Å²) >= 11 is 1.54. The van der Waals surface area contributed by atoms with Crippen molar-refractivity contribution in [2.75, 3.05) is 0 Å². The van der Waals surface area contributed by atoms with E-state index in [0.717, 1.165) is 15.9 Å². The van der Waals surface area contributed by atoms with E-state index in [1.807, 2.05) is 0 Å². The van der Waals surface area contributed by atoms with Crippen LogP contribution in [0.15, 0.2) is 22.6 Å². The second kappa shape index (κ2) is 4.82. The zero-order chi connectivity index (χ0) is 13.5. The smallest absolute Gasteiger partial charge is 0.197 e. The fraction of sp³-hybridized carbons (Fsp3) is 0.538. The number of hydrogen-bond donors (Lipinski definition) is 1. The van der Waals surface area contributed by atoms with Crippen molar-refractivity contribution in [1.29, 1.82) is 0 Å². The van der Waals surface area contributed by atoms with Gasteiger partial charge in [0.1, 0.15) is 10.9 Å². The summed E-state index contributed by atoms with van der Waals surface area (Å²) in [5.41, 5.74) is 6.33. The molecule has 2 saturated carbocycles. The third-order valence-corrected chi connectivity index (χ3v) is 4.51. The number of nitrogens with two attached hydrogens (primary N) is 1. The van der Waals surface area contributed by atoms with E-state index in [1.165, 1.54) is 31.5 Å². The van der Waals surface area contributed by atoms with Gasteiger partial charge in [-0.1, -0.05) is 0 Å². The lowest BCUT2D eigenvalue weighted by Gasteiger charge is -2.07. The summed E-state index contributed by atoms with van der Waals surface area (Å²) in [4.78, 5) is 8.65. The molecule has 104 valence electrons. The molecule has 2 aromatic heterocycles. The molecule has 20 heavy (non-hydrogen) atoms. The predicted octanol–water partition coefficient (Wildman–Crippen LogP) is 1.89. The minimum Gasteiger partial charge on any atom is -0.325 e. The lowest BCUT2D eigenvalue weighted by molar-refractivity contribution is 0.626. The molecular formula is C13H16N6S. The van der Waals surface area contributed by atoms with Gasteiger partial charge in [0.2, 0.25) is 0 Å². The molecule has 6 nitrogen and oxygen atoms in total. The molecule has 2 fully saturated rings.